The second kappa shape index (κ2) is 8.67. The first-order valence-corrected chi connectivity index (χ1v) is 8.51. The average molecular weight is 381 g/mol. The van der Waals surface area contributed by atoms with E-state index >= 15 is 0 Å². The smallest absolute Gasteiger partial charge is 0.353 e. The summed E-state index contributed by atoms with van der Waals surface area (Å²) in [5.74, 6) is 1.56. The molecule has 0 atom stereocenters. The Morgan fingerprint density at radius 3 is 1.86 bits per heavy atom. The highest BCUT2D eigenvalue weighted by molar-refractivity contribution is 5.76. The summed E-state index contributed by atoms with van der Waals surface area (Å²) in [7, 11) is 1.57. The largest absolute Gasteiger partial charge is 0.497 e. The van der Waals surface area contributed by atoms with E-state index < -0.39 is 4.92 Å². The Labute approximate surface area is 161 Å². The number of benzene rings is 2. The Bertz CT molecular complexity index is 946. The van der Waals surface area contributed by atoms with Crippen LogP contribution in [0.3, 0.4) is 0 Å². The zero-order valence-corrected chi connectivity index (χ0v) is 15.4. The van der Waals surface area contributed by atoms with E-state index in [1.54, 1.807) is 55.6 Å². The summed E-state index contributed by atoms with van der Waals surface area (Å²) in [5.41, 5.74) is 1.02. The maximum atomic E-state index is 11.7. The molecule has 0 fully saturated rings. The summed E-state index contributed by atoms with van der Waals surface area (Å²) in [6.07, 6.45) is 1.26. The Balaban J connectivity index is 1.87. The van der Waals surface area contributed by atoms with Crippen molar-refractivity contribution in [3.8, 4) is 11.5 Å². The van der Waals surface area contributed by atoms with Crippen molar-refractivity contribution >= 4 is 28.7 Å². The van der Waals surface area contributed by atoms with Crippen LogP contribution in [-0.4, -0.2) is 28.6 Å². The van der Waals surface area contributed by atoms with E-state index in [9.17, 15) is 10.1 Å². The first-order valence-electron chi connectivity index (χ1n) is 8.51. The molecule has 1 heterocycles. The lowest BCUT2D eigenvalue weighted by molar-refractivity contribution is -0.383. The van der Waals surface area contributed by atoms with E-state index in [1.165, 1.54) is 6.33 Å². The predicted molar refractivity (Wildman–Crippen MR) is 106 cm³/mol. The van der Waals surface area contributed by atoms with E-state index in [-0.39, 0.29) is 17.3 Å². The third-order valence-electron chi connectivity index (χ3n) is 3.79. The van der Waals surface area contributed by atoms with E-state index in [2.05, 4.69) is 20.6 Å². The molecule has 0 amide bonds. The molecule has 1 aromatic heterocycles. The summed E-state index contributed by atoms with van der Waals surface area (Å²) in [6, 6.07) is 14.0. The highest BCUT2D eigenvalue weighted by Crippen LogP contribution is 2.33. The molecule has 28 heavy (non-hydrogen) atoms. The average Bonchev–Trinajstić information content (AvgIpc) is 2.70. The minimum Gasteiger partial charge on any atom is -0.497 e. The van der Waals surface area contributed by atoms with Gasteiger partial charge in [0.15, 0.2) is 0 Å². The van der Waals surface area contributed by atoms with Gasteiger partial charge in [-0.25, -0.2) is 9.97 Å². The fourth-order valence-corrected chi connectivity index (χ4v) is 2.48. The molecular weight excluding hydrogens is 362 g/mol. The van der Waals surface area contributed by atoms with Gasteiger partial charge in [-0.3, -0.25) is 10.1 Å². The number of methoxy groups -OCH3 is 1. The molecule has 0 aliphatic rings. The molecule has 0 unspecified atom stereocenters. The van der Waals surface area contributed by atoms with Crippen molar-refractivity contribution in [2.24, 2.45) is 0 Å². The quantitative estimate of drug-likeness (QED) is 0.439. The molecule has 2 N–H and O–H groups in total. The van der Waals surface area contributed by atoms with Gasteiger partial charge in [0.05, 0.1) is 18.6 Å². The van der Waals surface area contributed by atoms with Crippen LogP contribution in [0.25, 0.3) is 0 Å². The molecule has 144 valence electrons. The number of aromatic nitrogens is 2. The second-order valence-electron chi connectivity index (χ2n) is 5.61. The molecule has 9 heteroatoms. The standard InChI is InChI=1S/C19H19N5O4/c1-3-28-16-10-6-14(7-11-16)23-19-17(24(25)26)18(20-12-21-19)22-13-4-8-15(27-2)9-5-13/h4-12H,3H2,1-2H3,(H2,20,21,22,23). The minimum atomic E-state index is -0.525. The molecule has 3 rings (SSSR count). The Kier molecular flexibility index (Phi) is 5.85. The lowest BCUT2D eigenvalue weighted by Gasteiger charge is -2.11. The van der Waals surface area contributed by atoms with Crippen LogP contribution in [0.2, 0.25) is 0 Å². The van der Waals surface area contributed by atoms with Gasteiger partial charge in [-0.2, -0.15) is 0 Å². The van der Waals surface area contributed by atoms with Crippen LogP contribution in [0.5, 0.6) is 11.5 Å². The number of nitrogens with zero attached hydrogens (tertiary/aromatic N) is 3. The Hall–Kier alpha value is -3.88. The highest BCUT2D eigenvalue weighted by atomic mass is 16.6. The van der Waals surface area contributed by atoms with Gasteiger partial charge in [-0.15, -0.1) is 0 Å². The Morgan fingerprint density at radius 2 is 1.43 bits per heavy atom. The Morgan fingerprint density at radius 1 is 0.929 bits per heavy atom. The zero-order chi connectivity index (χ0) is 19.9. The topological polar surface area (TPSA) is 111 Å². The molecule has 0 aliphatic carbocycles. The van der Waals surface area contributed by atoms with Gasteiger partial charge < -0.3 is 20.1 Å². The van der Waals surface area contributed by atoms with Crippen LogP contribution in [0, 0.1) is 10.1 Å². The molecular formula is C19H19N5O4. The van der Waals surface area contributed by atoms with E-state index in [4.69, 9.17) is 9.47 Å². The number of rotatable bonds is 8. The van der Waals surface area contributed by atoms with Crippen molar-refractivity contribution in [1.29, 1.82) is 0 Å². The first kappa shape index (κ1) is 18.9. The third-order valence-corrected chi connectivity index (χ3v) is 3.79. The van der Waals surface area contributed by atoms with Crippen LogP contribution < -0.4 is 20.1 Å². The van der Waals surface area contributed by atoms with Gasteiger partial charge in [0.1, 0.15) is 17.8 Å². The van der Waals surface area contributed by atoms with Crippen LogP contribution in [0.4, 0.5) is 28.7 Å². The SMILES string of the molecule is CCOc1ccc(Nc2ncnc(Nc3ccc(OC)cc3)c2[N+](=O)[O-])cc1. The van der Waals surface area contributed by atoms with Crippen LogP contribution in [-0.2, 0) is 0 Å². The third kappa shape index (κ3) is 4.44. The zero-order valence-electron chi connectivity index (χ0n) is 15.4. The fourth-order valence-electron chi connectivity index (χ4n) is 2.48. The summed E-state index contributed by atoms with van der Waals surface area (Å²) < 4.78 is 10.5. The molecule has 3 aromatic rings. The first-order chi connectivity index (χ1) is 13.6. The van der Waals surface area contributed by atoms with Gasteiger partial charge in [0.2, 0.25) is 11.6 Å². The fraction of sp³-hybridized carbons (Fsp3) is 0.158. The van der Waals surface area contributed by atoms with Gasteiger partial charge in [-0.05, 0) is 55.5 Å². The number of hydrogen-bond acceptors (Lipinski definition) is 8. The highest BCUT2D eigenvalue weighted by Gasteiger charge is 2.23. The monoisotopic (exact) mass is 381 g/mol. The summed E-state index contributed by atoms with van der Waals surface area (Å²) in [4.78, 5) is 19.2. The maximum absolute atomic E-state index is 11.7. The second-order valence-corrected chi connectivity index (χ2v) is 5.61. The lowest BCUT2D eigenvalue weighted by Crippen LogP contribution is -2.05. The molecule has 9 nitrogen and oxygen atoms in total. The van der Waals surface area contributed by atoms with Crippen molar-refractivity contribution in [2.45, 2.75) is 6.92 Å². The maximum Gasteiger partial charge on any atom is 0.353 e. The number of ether oxygens (including phenoxy) is 2. The van der Waals surface area contributed by atoms with Gasteiger partial charge >= 0.3 is 5.69 Å². The van der Waals surface area contributed by atoms with Crippen molar-refractivity contribution in [3.63, 3.8) is 0 Å². The number of nitro groups is 1. The van der Waals surface area contributed by atoms with Crippen LogP contribution in [0.1, 0.15) is 6.92 Å². The number of anilines is 4. The molecule has 0 saturated heterocycles. The molecule has 0 bridgehead atoms. The van der Waals surface area contributed by atoms with Gasteiger partial charge in [-0.1, -0.05) is 0 Å². The van der Waals surface area contributed by atoms with E-state index in [1.807, 2.05) is 6.92 Å². The lowest BCUT2D eigenvalue weighted by atomic mass is 10.3. The minimum absolute atomic E-state index is 0.0820. The molecule has 0 radical (unpaired) electrons. The van der Waals surface area contributed by atoms with Gasteiger partial charge in [0.25, 0.3) is 0 Å². The summed E-state index contributed by atoms with van der Waals surface area (Å²) in [6.45, 7) is 2.46. The van der Waals surface area contributed by atoms with Crippen molar-refractivity contribution in [2.75, 3.05) is 24.4 Å². The van der Waals surface area contributed by atoms with Crippen molar-refractivity contribution in [3.05, 3.63) is 65.0 Å². The summed E-state index contributed by atoms with van der Waals surface area (Å²) >= 11 is 0. The van der Waals surface area contributed by atoms with Crippen molar-refractivity contribution < 1.29 is 14.4 Å². The van der Waals surface area contributed by atoms with Gasteiger partial charge in [0, 0.05) is 11.4 Å². The van der Waals surface area contributed by atoms with Crippen molar-refractivity contribution in [1.82, 2.24) is 9.97 Å². The number of nitrogens with one attached hydrogen (secondary N) is 2. The predicted octanol–water partition coefficient (Wildman–Crippen LogP) is 4.28. The van der Waals surface area contributed by atoms with Crippen LogP contribution >= 0.6 is 0 Å². The van der Waals surface area contributed by atoms with Crippen LogP contribution in [0.15, 0.2) is 54.9 Å². The molecule has 0 saturated carbocycles. The molecule has 0 spiro atoms. The molecule has 2 aromatic carbocycles. The molecule has 0 aliphatic heterocycles. The normalized spacial score (nSPS) is 10.2. The number of hydrogen-bond donors (Lipinski definition) is 2. The van der Waals surface area contributed by atoms with E-state index in [0.29, 0.717) is 29.5 Å². The van der Waals surface area contributed by atoms with E-state index in [0.717, 1.165) is 0 Å². The summed E-state index contributed by atoms with van der Waals surface area (Å²) in [5, 5.41) is 17.6.